The minimum atomic E-state index is -3.39. The number of fused-ring (bicyclic) bond motifs is 6. The van der Waals surface area contributed by atoms with Crippen molar-refractivity contribution in [3.8, 4) is 0 Å². The second kappa shape index (κ2) is 57.2. The summed E-state index contributed by atoms with van der Waals surface area (Å²) in [5, 5.41) is 20.6. The molecule has 0 saturated heterocycles. The molecule has 8 aromatic carbocycles. The smallest absolute Gasteiger partial charge is 1.00 e. The van der Waals surface area contributed by atoms with E-state index in [4.69, 9.17) is 36.8 Å². The fourth-order valence-electron chi connectivity index (χ4n) is 11.5. The van der Waals surface area contributed by atoms with Gasteiger partial charge in [0.15, 0.2) is 6.29 Å². The molecule has 0 spiro atoms. The molecule has 0 bridgehead atoms. The number of rotatable bonds is 24. The molecule has 14 rings (SSSR count). The molecule has 0 aliphatic rings. The summed E-state index contributed by atoms with van der Waals surface area (Å²) in [6.07, 6.45) is 1.76. The summed E-state index contributed by atoms with van der Waals surface area (Å²) in [5.74, 6) is -0.467. The van der Waals surface area contributed by atoms with Crippen molar-refractivity contribution in [1.29, 1.82) is 0 Å². The Morgan fingerprint density at radius 2 is 0.795 bits per heavy atom. The van der Waals surface area contributed by atoms with Crippen molar-refractivity contribution in [2.24, 2.45) is 0 Å². The van der Waals surface area contributed by atoms with Crippen LogP contribution in [0.25, 0.3) is 60.5 Å². The van der Waals surface area contributed by atoms with Crippen molar-refractivity contribution in [3.05, 3.63) is 280 Å². The number of aryl methyl sites for hydroxylation is 6. The molecule has 1 atom stereocenters. The Balaban J connectivity index is 0.000000355. The molecule has 1 N–H and O–H groups in total. The summed E-state index contributed by atoms with van der Waals surface area (Å²) in [7, 11) is -7.47. The zero-order valence-electron chi connectivity index (χ0n) is 69.2. The van der Waals surface area contributed by atoms with E-state index in [9.17, 15) is 22.7 Å². The average molecular weight is 2110 g/mol. The van der Waals surface area contributed by atoms with Crippen molar-refractivity contribution in [3.63, 3.8) is 0 Å². The second-order valence-electron chi connectivity index (χ2n) is 24.7. The molecule has 14 aromatic rings. The van der Waals surface area contributed by atoms with Gasteiger partial charge in [-0.3, -0.25) is 13.9 Å². The van der Waals surface area contributed by atoms with E-state index in [2.05, 4.69) is 196 Å². The number of aliphatic hydroxyl groups excluding tert-OH is 1. The van der Waals surface area contributed by atoms with Crippen LogP contribution >= 0.6 is 174 Å². The van der Waals surface area contributed by atoms with Crippen LogP contribution in [0.4, 0.5) is 8.78 Å². The Hall–Kier alpha value is -2.49. The molecule has 30 heteroatoms. The quantitative estimate of drug-likeness (QED) is 0.0268. The maximum Gasteiger partial charge on any atom is 1.00 e. The number of hydrogen-bond acceptors (Lipinski definition) is 17. The van der Waals surface area contributed by atoms with Gasteiger partial charge in [0.2, 0.25) is 0 Å². The maximum atomic E-state index is 13.7. The molecule has 3 radical (unpaired) electrons. The second-order valence-corrected chi connectivity index (χ2v) is 53.1. The molecule has 6 heterocycles. The van der Waals surface area contributed by atoms with E-state index in [1.807, 2.05) is 146 Å². The van der Waals surface area contributed by atoms with Gasteiger partial charge in [-0.1, -0.05) is 165 Å². The van der Waals surface area contributed by atoms with Gasteiger partial charge >= 0.3 is 53.4 Å². The van der Waals surface area contributed by atoms with Gasteiger partial charge in [0, 0.05) is 66.8 Å². The normalized spacial score (nSPS) is 11.2. The van der Waals surface area contributed by atoms with E-state index >= 15 is 0 Å². The number of thiophene rings is 6. The van der Waals surface area contributed by atoms with Gasteiger partial charge in [-0.05, 0) is 286 Å². The van der Waals surface area contributed by atoms with Crippen LogP contribution in [0.5, 0.6) is 0 Å². The van der Waals surface area contributed by atoms with Gasteiger partial charge in [-0.25, -0.2) is 8.78 Å². The fraction of sp³-hybridized carbons (Fsp3) is 0.299. The van der Waals surface area contributed by atoms with E-state index in [0.29, 0.717) is 58.8 Å². The van der Waals surface area contributed by atoms with E-state index < -0.39 is 29.5 Å². The maximum absolute atomic E-state index is 13.7. The molecule has 0 amide bonds. The average Bonchev–Trinajstić information content (AvgIpc) is 1.63. The van der Waals surface area contributed by atoms with Gasteiger partial charge in [0.1, 0.15) is 15.7 Å². The molecule has 0 aliphatic heterocycles. The number of halogens is 7. The molecular weight excluding hydrogens is 2010 g/mol. The predicted octanol–water partition coefficient (Wildman–Crippen LogP) is 30.1. The van der Waals surface area contributed by atoms with Crippen LogP contribution in [-0.4, -0.2) is 66.1 Å². The third-order valence-corrected chi connectivity index (χ3v) is 32.3. The number of carbonyl (C=O) groups excluding carboxylic acids is 1. The fourth-order valence-corrected chi connectivity index (χ4v) is 24.8. The van der Waals surface area contributed by atoms with Crippen LogP contribution < -0.4 is 29.6 Å². The molecule has 0 aliphatic carbocycles. The van der Waals surface area contributed by atoms with Gasteiger partial charge < -0.3 is 38.2 Å². The van der Waals surface area contributed by atoms with Crippen molar-refractivity contribution in [2.75, 3.05) is 46.2 Å². The van der Waals surface area contributed by atoms with Gasteiger partial charge in [-0.15, -0.1) is 68.0 Å². The number of alkyl halides is 2. The van der Waals surface area contributed by atoms with Crippen LogP contribution in [0.15, 0.2) is 200 Å². The van der Waals surface area contributed by atoms with Crippen LogP contribution in [0.3, 0.4) is 0 Å². The van der Waals surface area contributed by atoms with Gasteiger partial charge in [0.25, 0.3) is 0 Å². The minimum absolute atomic E-state index is 0. The van der Waals surface area contributed by atoms with E-state index in [-0.39, 0.29) is 61.7 Å². The van der Waals surface area contributed by atoms with Crippen LogP contribution in [0.2, 0.25) is 0 Å². The first-order valence-electron chi connectivity index (χ1n) is 37.0. The molecule has 0 fully saturated rings. The Kier molecular flexibility index (Phi) is 52.2. The summed E-state index contributed by atoms with van der Waals surface area (Å²) in [6, 6.07) is 62.5. The van der Waals surface area contributed by atoms with Crippen molar-refractivity contribution >= 4 is 249 Å². The van der Waals surface area contributed by atoms with Crippen LogP contribution in [0.1, 0.15) is 129 Å². The first kappa shape index (κ1) is 107. The predicted molar refractivity (Wildman–Crippen MR) is 523 cm³/mol. The SMILES string of the molecule is BrP(Br)Br.CCOP(=O)(Cc1sc2ccccc2c1C)OCC.CCOP(=O)(OCC)C(Cc1ccc(F)cc1)c1sc2ccccc2c1C.CCOP(OCC)OCC.Cc1c(C=O)sc2ccccc12.Cc1c(CBr)sc2ccccc12.Cc1c(CO)sc2ccccc12.Cc1csc2ccccc12.Fc1ccc(CBr)cc1.[B].[H-].[Na+]. The first-order valence-corrected chi connectivity index (χ1v) is 56.1. The number of aliphatic hydroxyl groups is 1. The molecule has 117 heavy (non-hydrogen) atoms. The molecule has 1 unspecified atom stereocenters. The first-order chi connectivity index (χ1) is 55.3. The van der Waals surface area contributed by atoms with E-state index in [1.165, 1.54) is 102 Å². The Morgan fingerprint density at radius 3 is 1.16 bits per heavy atom. The topological polar surface area (TPSA) is 136 Å². The molecule has 6 aromatic heterocycles. The van der Waals surface area contributed by atoms with Crippen molar-refractivity contribution in [1.82, 2.24) is 0 Å². The third kappa shape index (κ3) is 33.7. The van der Waals surface area contributed by atoms with E-state index in [1.54, 1.807) is 69.6 Å². The third-order valence-electron chi connectivity index (χ3n) is 17.0. The Bertz CT molecular complexity index is 5220. The van der Waals surface area contributed by atoms with Crippen molar-refractivity contribution in [2.45, 2.75) is 126 Å². The summed E-state index contributed by atoms with van der Waals surface area (Å²) < 4.78 is 96.8. The van der Waals surface area contributed by atoms with Gasteiger partial charge in [-0.2, -0.15) is 0 Å². The Labute approximate surface area is 782 Å². The summed E-state index contributed by atoms with van der Waals surface area (Å²) in [4.78, 5) is 16.1. The van der Waals surface area contributed by atoms with E-state index in [0.717, 1.165) is 68.8 Å². The zero-order valence-corrected chi connectivity index (χ0v) is 86.6. The molecule has 623 valence electrons. The van der Waals surface area contributed by atoms with Crippen LogP contribution in [-0.2, 0) is 70.6 Å². The van der Waals surface area contributed by atoms with Gasteiger partial charge in [0.05, 0.1) is 69.6 Å². The summed E-state index contributed by atoms with van der Waals surface area (Å²) >= 11 is 26.5. The number of benzene rings is 8. The zero-order chi connectivity index (χ0) is 84.0. The summed E-state index contributed by atoms with van der Waals surface area (Å²) in [6.45, 7) is 29.1. The number of carbonyl (C=O) groups is 1. The van der Waals surface area contributed by atoms with Crippen LogP contribution in [0, 0.1) is 53.2 Å². The Morgan fingerprint density at radius 1 is 0.444 bits per heavy atom. The summed E-state index contributed by atoms with van der Waals surface area (Å²) in [5.41, 5.74) is 8.98. The monoisotopic (exact) mass is 2100 g/mol. The van der Waals surface area contributed by atoms with Crippen molar-refractivity contribution < 1.29 is 90.5 Å². The largest absolute Gasteiger partial charge is 1.00 e. The molecule has 0 saturated carbocycles. The molecule has 11 nitrogen and oxygen atoms in total. The molecular formula is C87H100BBr5F2NaO11P4S6. The number of hydrogen-bond donors (Lipinski definition) is 1. The standard InChI is InChI=1S/C21H24FO3PS.C14H19O3PS.C10H9BrS.C10H10OS.C10H8OS.C9H8S.C7H6BrF.C6H15O3P.B.Br3P.Na.H/c1-4-24-26(23,25-5-2)19(14-16-10-12-17(22)13-11-16)21-15(3)18-8-6-7-9-20(18)27-21;1-4-16-18(15,17-5-2)10-14-11(3)12-8-6-7-9-13(12)19-14;3*1-7-8-4-2-3-5-9(8)12-10(7)6-11;1-7-6-10-9-5-3-2-4-8(7)9;8-5-6-1-3-7(9)4-2-6;1-4-7-10(8-5-2)9-6-3;;1-4(2)3;;/h6-13,19H,4-5,14H2,1-3H3;6-9H,4-5,10H2,1-3H3;2-5H,6H2,1H3;2-5,11H,6H2,1H3;2-6H,1H3;2-6H,1H3;1-4H,5H2;4-6H2,1-3H3;;;;/q;;;;;;;;;;+1;-1. The number of aldehydes is 1. The minimum Gasteiger partial charge on any atom is -1.00 e.